The third-order valence-electron chi connectivity index (χ3n) is 3.58. The Labute approximate surface area is 103 Å². The van der Waals surface area contributed by atoms with Crippen molar-refractivity contribution < 1.29 is 14.2 Å². The monoisotopic (exact) mass is 244 g/mol. The molecule has 2 heterocycles. The molecule has 5 nitrogen and oxygen atoms in total. The average Bonchev–Trinajstić information content (AvgIpc) is 2.41. The van der Waals surface area contributed by atoms with Gasteiger partial charge >= 0.3 is 0 Å². The third-order valence-corrected chi connectivity index (χ3v) is 3.58. The van der Waals surface area contributed by atoms with E-state index in [9.17, 15) is 0 Å². The van der Waals surface area contributed by atoms with Crippen LogP contribution in [0.4, 0.5) is 0 Å². The van der Waals surface area contributed by atoms with Gasteiger partial charge < -0.3 is 19.9 Å². The minimum absolute atomic E-state index is 0.232. The van der Waals surface area contributed by atoms with Gasteiger partial charge in [-0.2, -0.15) is 0 Å². The summed E-state index contributed by atoms with van der Waals surface area (Å²) in [6.07, 6.45) is 2.07. The number of hydrogen-bond donors (Lipinski definition) is 1. The highest BCUT2D eigenvalue weighted by atomic mass is 16.5. The van der Waals surface area contributed by atoms with Crippen molar-refractivity contribution in [1.82, 2.24) is 4.90 Å². The zero-order chi connectivity index (χ0) is 12.0. The van der Waals surface area contributed by atoms with Gasteiger partial charge in [0.05, 0.1) is 26.4 Å². The molecule has 0 aromatic heterocycles. The first-order valence-corrected chi connectivity index (χ1v) is 6.57. The highest BCUT2D eigenvalue weighted by Crippen LogP contribution is 2.22. The summed E-state index contributed by atoms with van der Waals surface area (Å²) in [5, 5.41) is 0. The summed E-state index contributed by atoms with van der Waals surface area (Å²) >= 11 is 0. The fourth-order valence-corrected chi connectivity index (χ4v) is 2.38. The van der Waals surface area contributed by atoms with Crippen LogP contribution in [0.25, 0.3) is 0 Å². The van der Waals surface area contributed by atoms with Gasteiger partial charge in [0.2, 0.25) is 0 Å². The van der Waals surface area contributed by atoms with Crippen LogP contribution in [-0.4, -0.2) is 69.7 Å². The molecule has 0 spiro atoms. The molecular weight excluding hydrogens is 220 g/mol. The Morgan fingerprint density at radius 1 is 1.18 bits per heavy atom. The van der Waals surface area contributed by atoms with Gasteiger partial charge in [-0.25, -0.2) is 0 Å². The summed E-state index contributed by atoms with van der Waals surface area (Å²) in [7, 11) is 0. The quantitative estimate of drug-likeness (QED) is 0.728. The van der Waals surface area contributed by atoms with Crippen LogP contribution in [0.5, 0.6) is 0 Å². The Balaban J connectivity index is 1.68. The minimum Gasteiger partial charge on any atom is -0.379 e. The van der Waals surface area contributed by atoms with Crippen LogP contribution in [0.1, 0.15) is 12.8 Å². The molecule has 2 aliphatic heterocycles. The number of rotatable bonds is 5. The average molecular weight is 244 g/mol. The van der Waals surface area contributed by atoms with Gasteiger partial charge in [-0.3, -0.25) is 4.90 Å². The fraction of sp³-hybridized carbons (Fsp3) is 1.00. The second-order valence-corrected chi connectivity index (χ2v) is 4.85. The van der Waals surface area contributed by atoms with E-state index in [2.05, 4.69) is 4.90 Å². The van der Waals surface area contributed by atoms with E-state index in [0.29, 0.717) is 13.2 Å². The maximum absolute atomic E-state index is 5.99. The van der Waals surface area contributed by atoms with Gasteiger partial charge in [0.1, 0.15) is 5.60 Å². The van der Waals surface area contributed by atoms with Crippen molar-refractivity contribution in [3.05, 3.63) is 0 Å². The van der Waals surface area contributed by atoms with Gasteiger partial charge in [0.25, 0.3) is 0 Å². The van der Waals surface area contributed by atoms with Crippen LogP contribution < -0.4 is 5.73 Å². The minimum atomic E-state index is -0.232. The van der Waals surface area contributed by atoms with Gasteiger partial charge in [-0.05, 0) is 12.8 Å². The highest BCUT2D eigenvalue weighted by molar-refractivity contribution is 4.84. The van der Waals surface area contributed by atoms with Gasteiger partial charge in [0, 0.05) is 32.8 Å². The molecular formula is C12H24N2O3. The molecule has 5 heteroatoms. The van der Waals surface area contributed by atoms with Crippen LogP contribution >= 0.6 is 0 Å². The van der Waals surface area contributed by atoms with Crippen molar-refractivity contribution >= 4 is 0 Å². The molecule has 0 radical (unpaired) electrons. The van der Waals surface area contributed by atoms with E-state index in [-0.39, 0.29) is 5.60 Å². The SMILES string of the molecule is NCC1(OCCN2CCOCC2)CCCOC1. The number of nitrogens with zero attached hydrogens (tertiary/aromatic N) is 1. The van der Waals surface area contributed by atoms with E-state index in [1.54, 1.807) is 0 Å². The van der Waals surface area contributed by atoms with Crippen LogP contribution in [0.3, 0.4) is 0 Å². The first-order valence-electron chi connectivity index (χ1n) is 6.57. The van der Waals surface area contributed by atoms with Crippen molar-refractivity contribution in [3.8, 4) is 0 Å². The lowest BCUT2D eigenvalue weighted by molar-refractivity contribution is -0.127. The topological polar surface area (TPSA) is 57.0 Å². The second kappa shape index (κ2) is 6.66. The number of nitrogens with two attached hydrogens (primary N) is 1. The number of morpholine rings is 1. The molecule has 1 unspecified atom stereocenters. The zero-order valence-electron chi connectivity index (χ0n) is 10.5. The number of ether oxygens (including phenoxy) is 3. The predicted octanol–water partition coefficient (Wildman–Crippen LogP) is -0.157. The Morgan fingerprint density at radius 3 is 2.65 bits per heavy atom. The molecule has 2 saturated heterocycles. The maximum Gasteiger partial charge on any atom is 0.104 e. The Morgan fingerprint density at radius 2 is 2.00 bits per heavy atom. The number of hydrogen-bond acceptors (Lipinski definition) is 5. The first kappa shape index (κ1) is 13.2. The summed E-state index contributed by atoms with van der Waals surface area (Å²) < 4.78 is 16.8. The molecule has 2 rings (SSSR count). The normalized spacial score (nSPS) is 31.6. The van der Waals surface area contributed by atoms with Crippen molar-refractivity contribution in [3.63, 3.8) is 0 Å². The molecule has 0 amide bonds. The van der Waals surface area contributed by atoms with Crippen LogP contribution in [0.15, 0.2) is 0 Å². The largest absolute Gasteiger partial charge is 0.379 e. The Kier molecular flexibility index (Phi) is 5.18. The van der Waals surface area contributed by atoms with E-state index >= 15 is 0 Å². The van der Waals surface area contributed by atoms with Crippen LogP contribution in [-0.2, 0) is 14.2 Å². The van der Waals surface area contributed by atoms with Gasteiger partial charge in [-0.15, -0.1) is 0 Å². The second-order valence-electron chi connectivity index (χ2n) is 4.85. The standard InChI is InChI=1S/C12H24N2O3/c13-10-12(2-1-6-16-11-12)17-9-5-14-3-7-15-8-4-14/h1-11,13H2. The molecule has 0 aromatic carbocycles. The smallest absolute Gasteiger partial charge is 0.104 e. The summed E-state index contributed by atoms with van der Waals surface area (Å²) in [6, 6.07) is 0. The fourth-order valence-electron chi connectivity index (χ4n) is 2.38. The molecule has 2 fully saturated rings. The molecule has 2 N–H and O–H groups in total. The molecule has 0 aromatic rings. The summed E-state index contributed by atoms with van der Waals surface area (Å²) in [4.78, 5) is 2.37. The van der Waals surface area contributed by atoms with Crippen molar-refractivity contribution in [2.45, 2.75) is 18.4 Å². The lowest BCUT2D eigenvalue weighted by atomic mass is 9.97. The summed E-state index contributed by atoms with van der Waals surface area (Å²) in [5.41, 5.74) is 5.59. The summed E-state index contributed by atoms with van der Waals surface area (Å²) in [5.74, 6) is 0. The van der Waals surface area contributed by atoms with E-state index in [0.717, 1.165) is 58.9 Å². The van der Waals surface area contributed by atoms with Crippen molar-refractivity contribution in [1.29, 1.82) is 0 Å². The van der Waals surface area contributed by atoms with E-state index in [1.807, 2.05) is 0 Å². The molecule has 17 heavy (non-hydrogen) atoms. The molecule has 0 saturated carbocycles. The zero-order valence-corrected chi connectivity index (χ0v) is 10.5. The lowest BCUT2D eigenvalue weighted by Crippen LogP contribution is -2.49. The van der Waals surface area contributed by atoms with Crippen LogP contribution in [0.2, 0.25) is 0 Å². The lowest BCUT2D eigenvalue weighted by Gasteiger charge is -2.37. The Hall–Kier alpha value is -0.200. The summed E-state index contributed by atoms with van der Waals surface area (Å²) in [6.45, 7) is 7.43. The van der Waals surface area contributed by atoms with Crippen molar-refractivity contribution in [2.24, 2.45) is 5.73 Å². The molecule has 0 bridgehead atoms. The van der Waals surface area contributed by atoms with E-state index < -0.39 is 0 Å². The van der Waals surface area contributed by atoms with Crippen LogP contribution in [0, 0.1) is 0 Å². The van der Waals surface area contributed by atoms with Gasteiger partial charge in [0.15, 0.2) is 0 Å². The molecule has 1 atom stereocenters. The highest BCUT2D eigenvalue weighted by Gasteiger charge is 2.32. The van der Waals surface area contributed by atoms with E-state index in [4.69, 9.17) is 19.9 Å². The Bertz CT molecular complexity index is 214. The van der Waals surface area contributed by atoms with Crippen molar-refractivity contribution in [2.75, 3.05) is 59.2 Å². The molecule has 0 aliphatic carbocycles. The van der Waals surface area contributed by atoms with Gasteiger partial charge in [-0.1, -0.05) is 0 Å². The molecule has 2 aliphatic rings. The third kappa shape index (κ3) is 3.89. The first-order chi connectivity index (χ1) is 8.35. The predicted molar refractivity (Wildman–Crippen MR) is 65.0 cm³/mol. The van der Waals surface area contributed by atoms with E-state index in [1.165, 1.54) is 0 Å². The maximum atomic E-state index is 5.99. The molecule has 100 valence electrons.